The van der Waals surface area contributed by atoms with Crippen molar-refractivity contribution in [3.05, 3.63) is 43.0 Å². The van der Waals surface area contributed by atoms with Crippen LogP contribution in [0.1, 0.15) is 30.9 Å². The van der Waals surface area contributed by atoms with Crippen LogP contribution < -0.4 is 10.6 Å². The van der Waals surface area contributed by atoms with Crippen molar-refractivity contribution in [2.24, 2.45) is 7.05 Å². The number of nitrogens with two attached hydrogens (primary N) is 1. The Morgan fingerprint density at radius 3 is 2.78 bits per heavy atom. The van der Waals surface area contributed by atoms with Gasteiger partial charge in [0.2, 0.25) is 11.8 Å². The van der Waals surface area contributed by atoms with Gasteiger partial charge in [-0.15, -0.1) is 0 Å². The molecule has 9 heteroatoms. The largest absolute Gasteiger partial charge is 0.383 e. The Labute approximate surface area is 185 Å². The van der Waals surface area contributed by atoms with Gasteiger partial charge in [-0.05, 0) is 31.1 Å². The first-order chi connectivity index (χ1) is 15.5. The standard InChI is InChI=1S/C23H25N7O2/c1-3-17(31)29-10-8-15(12-29)21-19(20-22(24)26-13-27-23(20)28(21)2)14-6-7-16(25-11-14)30-9-4-5-18(30)32/h3,6-7,11,13,15H,1,4-5,8-10,12H2,2H3,(H2,24,26,27). The molecule has 5 heterocycles. The number of amides is 2. The number of hydrogen-bond acceptors (Lipinski definition) is 6. The van der Waals surface area contributed by atoms with E-state index in [0.717, 1.165) is 40.7 Å². The van der Waals surface area contributed by atoms with Crippen molar-refractivity contribution in [1.29, 1.82) is 0 Å². The number of aromatic nitrogens is 4. The van der Waals surface area contributed by atoms with E-state index < -0.39 is 0 Å². The number of fused-ring (bicyclic) bond motifs is 1. The van der Waals surface area contributed by atoms with E-state index in [-0.39, 0.29) is 17.7 Å². The normalized spacial score (nSPS) is 18.7. The average molecular weight is 432 g/mol. The van der Waals surface area contributed by atoms with Crippen LogP contribution in [0.2, 0.25) is 0 Å². The van der Waals surface area contributed by atoms with E-state index in [9.17, 15) is 9.59 Å². The molecule has 2 saturated heterocycles. The third kappa shape index (κ3) is 3.12. The second-order valence-electron chi connectivity index (χ2n) is 8.30. The third-order valence-corrected chi connectivity index (χ3v) is 6.49. The molecule has 0 radical (unpaired) electrons. The number of aryl methyl sites for hydroxylation is 1. The summed E-state index contributed by atoms with van der Waals surface area (Å²) in [6, 6.07) is 3.85. The summed E-state index contributed by atoms with van der Waals surface area (Å²) in [7, 11) is 1.97. The fraction of sp³-hybridized carbons (Fsp3) is 0.348. The van der Waals surface area contributed by atoms with Gasteiger partial charge in [-0.1, -0.05) is 6.58 Å². The minimum atomic E-state index is -0.0616. The second kappa shape index (κ2) is 7.74. The van der Waals surface area contributed by atoms with Gasteiger partial charge in [0.1, 0.15) is 23.6 Å². The lowest BCUT2D eigenvalue weighted by atomic mass is 9.95. The lowest BCUT2D eigenvalue weighted by Crippen LogP contribution is -2.26. The Bertz CT molecular complexity index is 1230. The van der Waals surface area contributed by atoms with Crippen LogP contribution in [0.5, 0.6) is 0 Å². The summed E-state index contributed by atoms with van der Waals surface area (Å²) in [5.74, 6) is 1.22. The highest BCUT2D eigenvalue weighted by Gasteiger charge is 2.33. The Kier molecular flexibility index (Phi) is 4.88. The van der Waals surface area contributed by atoms with Gasteiger partial charge in [-0.3, -0.25) is 14.5 Å². The molecule has 3 aromatic rings. The fourth-order valence-corrected chi connectivity index (χ4v) is 4.96. The molecule has 164 valence electrons. The van der Waals surface area contributed by atoms with Crippen molar-refractivity contribution >= 4 is 34.5 Å². The first-order valence-corrected chi connectivity index (χ1v) is 10.8. The Morgan fingerprint density at radius 2 is 2.09 bits per heavy atom. The molecule has 0 aliphatic carbocycles. The molecule has 9 nitrogen and oxygen atoms in total. The average Bonchev–Trinajstić information content (AvgIpc) is 3.52. The highest BCUT2D eigenvalue weighted by atomic mass is 16.2. The summed E-state index contributed by atoms with van der Waals surface area (Å²) >= 11 is 0. The van der Waals surface area contributed by atoms with Crippen LogP contribution >= 0.6 is 0 Å². The maximum atomic E-state index is 12.2. The molecule has 0 saturated carbocycles. The summed E-state index contributed by atoms with van der Waals surface area (Å²) in [4.78, 5) is 41.1. The summed E-state index contributed by atoms with van der Waals surface area (Å²) in [5, 5.41) is 0.783. The monoisotopic (exact) mass is 431 g/mol. The van der Waals surface area contributed by atoms with Crippen molar-refractivity contribution in [2.45, 2.75) is 25.2 Å². The van der Waals surface area contributed by atoms with Crippen LogP contribution in [0.4, 0.5) is 11.6 Å². The molecular weight excluding hydrogens is 406 g/mol. The number of carbonyl (C=O) groups excluding carboxylic acids is 2. The van der Waals surface area contributed by atoms with E-state index in [1.807, 2.05) is 28.6 Å². The van der Waals surface area contributed by atoms with Crippen LogP contribution in [0.25, 0.3) is 22.2 Å². The van der Waals surface area contributed by atoms with E-state index in [0.29, 0.717) is 37.7 Å². The Hall–Kier alpha value is -3.75. The van der Waals surface area contributed by atoms with Crippen molar-refractivity contribution in [3.63, 3.8) is 0 Å². The minimum absolute atomic E-state index is 0.0616. The van der Waals surface area contributed by atoms with Crippen LogP contribution in [-0.4, -0.2) is 55.9 Å². The summed E-state index contributed by atoms with van der Waals surface area (Å²) in [6.07, 6.45) is 6.85. The molecule has 2 fully saturated rings. The zero-order valence-electron chi connectivity index (χ0n) is 18.0. The number of pyridine rings is 1. The Morgan fingerprint density at radius 1 is 1.25 bits per heavy atom. The minimum Gasteiger partial charge on any atom is -0.383 e. The van der Waals surface area contributed by atoms with E-state index in [1.165, 1.54) is 12.4 Å². The zero-order valence-corrected chi connectivity index (χ0v) is 18.0. The topological polar surface area (TPSA) is 110 Å². The maximum Gasteiger partial charge on any atom is 0.245 e. The van der Waals surface area contributed by atoms with Crippen LogP contribution in [0.15, 0.2) is 37.3 Å². The van der Waals surface area contributed by atoms with Crippen molar-refractivity contribution in [2.75, 3.05) is 30.3 Å². The number of hydrogen-bond donors (Lipinski definition) is 1. The number of rotatable bonds is 4. The zero-order chi connectivity index (χ0) is 22.4. The molecule has 2 aliphatic heterocycles. The molecule has 0 bridgehead atoms. The predicted molar refractivity (Wildman–Crippen MR) is 122 cm³/mol. The number of nitrogens with zero attached hydrogens (tertiary/aromatic N) is 6. The van der Waals surface area contributed by atoms with Gasteiger partial charge in [-0.25, -0.2) is 15.0 Å². The molecule has 1 unspecified atom stereocenters. The third-order valence-electron chi connectivity index (χ3n) is 6.49. The number of nitrogen functional groups attached to an aromatic ring is 1. The maximum absolute atomic E-state index is 12.2. The van der Waals surface area contributed by atoms with Crippen molar-refractivity contribution in [3.8, 4) is 11.1 Å². The predicted octanol–water partition coefficient (Wildman–Crippen LogP) is 2.24. The highest BCUT2D eigenvalue weighted by molar-refractivity contribution is 6.03. The molecule has 2 aliphatic rings. The van der Waals surface area contributed by atoms with Crippen LogP contribution in [0, 0.1) is 0 Å². The summed E-state index contributed by atoms with van der Waals surface area (Å²) in [5.41, 5.74) is 9.92. The molecule has 32 heavy (non-hydrogen) atoms. The lowest BCUT2D eigenvalue weighted by Gasteiger charge is -2.18. The molecular formula is C23H25N7O2. The van der Waals surface area contributed by atoms with Gasteiger partial charge in [0.25, 0.3) is 0 Å². The van der Waals surface area contributed by atoms with Gasteiger partial charge in [-0.2, -0.15) is 0 Å². The fourth-order valence-electron chi connectivity index (χ4n) is 4.96. The molecule has 1 atom stereocenters. The van der Waals surface area contributed by atoms with E-state index in [1.54, 1.807) is 11.1 Å². The van der Waals surface area contributed by atoms with Gasteiger partial charge >= 0.3 is 0 Å². The summed E-state index contributed by atoms with van der Waals surface area (Å²) in [6.45, 7) is 5.58. The number of anilines is 2. The van der Waals surface area contributed by atoms with Gasteiger partial charge < -0.3 is 15.2 Å². The molecule has 0 aromatic carbocycles. The first kappa shape index (κ1) is 20.2. The van der Waals surface area contributed by atoms with Crippen LogP contribution in [-0.2, 0) is 16.6 Å². The molecule has 3 aromatic heterocycles. The SMILES string of the molecule is C=CC(=O)N1CCC(c2c(-c3ccc(N4CCCC4=O)nc3)c3c(N)ncnc3n2C)C1. The lowest BCUT2D eigenvalue weighted by molar-refractivity contribution is -0.125. The van der Waals surface area contributed by atoms with Gasteiger partial charge in [0.05, 0.1) is 5.39 Å². The molecule has 0 spiro atoms. The number of likely N-dealkylation sites (tertiary alicyclic amines) is 1. The van der Waals surface area contributed by atoms with E-state index in [2.05, 4.69) is 21.5 Å². The van der Waals surface area contributed by atoms with Crippen LogP contribution in [0.3, 0.4) is 0 Å². The van der Waals surface area contributed by atoms with Gasteiger partial charge in [0.15, 0.2) is 0 Å². The number of carbonyl (C=O) groups is 2. The molecule has 2 N–H and O–H groups in total. The van der Waals surface area contributed by atoms with Crippen molar-refractivity contribution < 1.29 is 9.59 Å². The highest BCUT2D eigenvalue weighted by Crippen LogP contribution is 2.42. The van der Waals surface area contributed by atoms with E-state index >= 15 is 0 Å². The van der Waals surface area contributed by atoms with E-state index in [4.69, 9.17) is 5.73 Å². The first-order valence-electron chi connectivity index (χ1n) is 10.8. The smallest absolute Gasteiger partial charge is 0.245 e. The quantitative estimate of drug-likeness (QED) is 0.635. The molecule has 2 amide bonds. The Balaban J connectivity index is 1.62. The van der Waals surface area contributed by atoms with Crippen molar-refractivity contribution in [1.82, 2.24) is 24.4 Å². The second-order valence-corrected chi connectivity index (χ2v) is 8.30. The van der Waals surface area contributed by atoms with Gasteiger partial charge in [0, 0.05) is 62.0 Å². The molecule has 5 rings (SSSR count). The summed E-state index contributed by atoms with van der Waals surface area (Å²) < 4.78 is 2.05.